The van der Waals surface area contributed by atoms with E-state index in [1.807, 2.05) is 25.1 Å². The molecule has 18 heavy (non-hydrogen) atoms. The van der Waals surface area contributed by atoms with Gasteiger partial charge in [-0.3, -0.25) is 10.1 Å². The molecule has 0 unspecified atom stereocenters. The molecule has 1 aromatic rings. The van der Waals surface area contributed by atoms with Crippen molar-refractivity contribution in [1.29, 1.82) is 0 Å². The van der Waals surface area contributed by atoms with E-state index in [2.05, 4.69) is 16.1 Å². The summed E-state index contributed by atoms with van der Waals surface area (Å²) >= 11 is 0. The van der Waals surface area contributed by atoms with E-state index in [0.717, 1.165) is 24.1 Å². The second-order valence-electron chi connectivity index (χ2n) is 4.51. The van der Waals surface area contributed by atoms with Gasteiger partial charge in [0.2, 0.25) is 0 Å². The van der Waals surface area contributed by atoms with Crippen molar-refractivity contribution in [3.05, 3.63) is 29.3 Å². The molecule has 6 heteroatoms. The number of anilines is 1. The van der Waals surface area contributed by atoms with E-state index < -0.39 is 0 Å². The summed E-state index contributed by atoms with van der Waals surface area (Å²) in [4.78, 5) is 11.9. The quantitative estimate of drug-likeness (QED) is 0.393. The summed E-state index contributed by atoms with van der Waals surface area (Å²) < 4.78 is 4.89. The fourth-order valence-corrected chi connectivity index (χ4v) is 1.60. The number of aryl methyl sites for hydroxylation is 1. The van der Waals surface area contributed by atoms with Crippen LogP contribution >= 0.6 is 0 Å². The van der Waals surface area contributed by atoms with E-state index in [9.17, 15) is 4.79 Å². The molecule has 1 aromatic carbocycles. The average Bonchev–Trinajstić information content (AvgIpc) is 3.15. The Balaban J connectivity index is 2.01. The third-order valence-electron chi connectivity index (χ3n) is 2.85. The van der Waals surface area contributed by atoms with Crippen LogP contribution in [0.25, 0.3) is 0 Å². The Kier molecular flexibility index (Phi) is 4.22. The van der Waals surface area contributed by atoms with Crippen LogP contribution in [0, 0.1) is 6.92 Å². The first-order valence-electron chi connectivity index (χ1n) is 6.10. The number of rotatable bonds is 6. The zero-order valence-electron chi connectivity index (χ0n) is 10.7. The van der Waals surface area contributed by atoms with Gasteiger partial charge in [0.1, 0.15) is 0 Å². The minimum absolute atomic E-state index is 0.00714. The highest BCUT2D eigenvalue weighted by atomic mass is 16.4. The summed E-state index contributed by atoms with van der Waals surface area (Å²) in [5, 5.41) is 5.88. The summed E-state index contributed by atoms with van der Waals surface area (Å²) in [6, 6.07) is 5.99. The molecule has 0 bridgehead atoms. The molecule has 1 amide bonds. The van der Waals surface area contributed by atoms with Crippen molar-refractivity contribution in [2.45, 2.75) is 25.8 Å². The molecule has 0 spiro atoms. The lowest BCUT2D eigenvalue weighted by molar-refractivity contribution is 0.0951. The molecule has 0 atom stereocenters. The maximum atomic E-state index is 11.9. The lowest BCUT2D eigenvalue weighted by atomic mass is 10.1. The zero-order chi connectivity index (χ0) is 13.0. The maximum Gasteiger partial charge on any atom is 0.379 e. The molecule has 1 saturated carbocycles. The third kappa shape index (κ3) is 3.48. The first-order chi connectivity index (χ1) is 8.70. The van der Waals surface area contributed by atoms with Crippen molar-refractivity contribution in [3.8, 4) is 0 Å². The molecule has 0 radical (unpaired) electrons. The van der Waals surface area contributed by atoms with E-state index >= 15 is 0 Å². The van der Waals surface area contributed by atoms with Crippen LogP contribution in [0.3, 0.4) is 0 Å². The highest BCUT2D eigenvalue weighted by molar-refractivity contribution is 6.23. The van der Waals surface area contributed by atoms with Crippen LogP contribution in [0.2, 0.25) is 0 Å². The largest absolute Gasteiger partial charge is 0.426 e. The van der Waals surface area contributed by atoms with Crippen LogP contribution < -0.4 is 16.1 Å². The maximum absolute atomic E-state index is 11.9. The van der Waals surface area contributed by atoms with Gasteiger partial charge in [-0.25, -0.2) is 0 Å². The van der Waals surface area contributed by atoms with Gasteiger partial charge in [0, 0.05) is 18.7 Å². The number of amides is 1. The van der Waals surface area contributed by atoms with Gasteiger partial charge < -0.3 is 15.4 Å². The molecular weight excluding hydrogens is 229 g/mol. The number of nitrogens with one attached hydrogen (secondary N) is 3. The average molecular weight is 247 g/mol. The molecule has 0 heterocycles. The van der Waals surface area contributed by atoms with Crippen LogP contribution in [-0.2, 0) is 4.65 Å². The van der Waals surface area contributed by atoms with Gasteiger partial charge in [-0.2, -0.15) is 0 Å². The smallest absolute Gasteiger partial charge is 0.379 e. The van der Waals surface area contributed by atoms with Gasteiger partial charge >= 0.3 is 7.62 Å². The Morgan fingerprint density at radius 3 is 2.89 bits per heavy atom. The van der Waals surface area contributed by atoms with E-state index in [4.69, 9.17) is 4.65 Å². The van der Waals surface area contributed by atoms with E-state index in [-0.39, 0.29) is 5.91 Å². The molecule has 0 aliphatic heterocycles. The van der Waals surface area contributed by atoms with E-state index in [1.54, 1.807) is 7.11 Å². The van der Waals surface area contributed by atoms with Crippen molar-refractivity contribution in [2.75, 3.05) is 12.5 Å². The number of hydrazine groups is 1. The summed E-state index contributed by atoms with van der Waals surface area (Å²) in [6.07, 6.45) is 2.19. The van der Waals surface area contributed by atoms with Crippen molar-refractivity contribution < 1.29 is 9.45 Å². The van der Waals surface area contributed by atoms with Gasteiger partial charge in [-0.15, -0.1) is 0 Å². The molecule has 3 N–H and O–H groups in total. The standard InChI is InChI=1S/C12H18BN3O2/c1-8-3-4-9(12(17)14-10-5-6-10)7-11(8)15-16-13-18-2/h3-4,7,10,13,15-16H,5-6H2,1-2H3,(H,14,17). The first kappa shape index (κ1) is 12.9. The molecule has 1 aliphatic carbocycles. The van der Waals surface area contributed by atoms with E-state index in [1.165, 1.54) is 0 Å². The van der Waals surface area contributed by atoms with Crippen LogP contribution in [0.1, 0.15) is 28.8 Å². The molecular formula is C12H18BN3O2. The molecule has 96 valence electrons. The predicted octanol–water partition coefficient (Wildman–Crippen LogP) is 0.717. The van der Waals surface area contributed by atoms with Gasteiger partial charge in [0.25, 0.3) is 5.91 Å². The molecule has 1 aliphatic rings. The summed E-state index contributed by atoms with van der Waals surface area (Å²) in [6.45, 7) is 1.99. The lowest BCUT2D eigenvalue weighted by Gasteiger charge is -2.11. The van der Waals surface area contributed by atoms with Crippen LogP contribution in [-0.4, -0.2) is 26.7 Å². The third-order valence-corrected chi connectivity index (χ3v) is 2.85. The van der Waals surface area contributed by atoms with Crippen LogP contribution in [0.15, 0.2) is 18.2 Å². The van der Waals surface area contributed by atoms with Crippen LogP contribution in [0.4, 0.5) is 5.69 Å². The second kappa shape index (κ2) is 5.88. The zero-order valence-corrected chi connectivity index (χ0v) is 10.7. The molecule has 0 saturated heterocycles. The number of benzene rings is 1. The summed E-state index contributed by atoms with van der Waals surface area (Å²) in [5.41, 5.74) is 5.65. The fraction of sp³-hybridized carbons (Fsp3) is 0.417. The molecule has 0 aromatic heterocycles. The Hall–Kier alpha value is -1.53. The minimum atomic E-state index is -0.00714. The highest BCUT2D eigenvalue weighted by Crippen LogP contribution is 2.21. The summed E-state index contributed by atoms with van der Waals surface area (Å²) in [5.74, 6) is -0.00714. The number of hydrogen-bond donors (Lipinski definition) is 3. The minimum Gasteiger partial charge on any atom is -0.426 e. The number of hydrogen-bond acceptors (Lipinski definition) is 4. The highest BCUT2D eigenvalue weighted by Gasteiger charge is 2.23. The monoisotopic (exact) mass is 247 g/mol. The molecule has 1 fully saturated rings. The van der Waals surface area contributed by atoms with Gasteiger partial charge in [0.05, 0.1) is 5.69 Å². The Morgan fingerprint density at radius 2 is 2.22 bits per heavy atom. The molecule has 2 rings (SSSR count). The Morgan fingerprint density at radius 1 is 1.44 bits per heavy atom. The van der Waals surface area contributed by atoms with Crippen molar-refractivity contribution in [2.24, 2.45) is 0 Å². The van der Waals surface area contributed by atoms with Gasteiger partial charge in [-0.05, 0) is 37.5 Å². The van der Waals surface area contributed by atoms with Crippen molar-refractivity contribution in [3.63, 3.8) is 0 Å². The van der Waals surface area contributed by atoms with Crippen molar-refractivity contribution in [1.82, 2.24) is 10.7 Å². The Bertz CT molecular complexity index is 435. The number of carbonyl (C=O) groups is 1. The number of carbonyl (C=O) groups excluding carboxylic acids is 1. The molecule has 5 nitrogen and oxygen atoms in total. The second-order valence-corrected chi connectivity index (χ2v) is 4.51. The summed E-state index contributed by atoms with van der Waals surface area (Å²) in [7, 11) is 2.01. The topological polar surface area (TPSA) is 62.4 Å². The van der Waals surface area contributed by atoms with Gasteiger partial charge in [-0.1, -0.05) is 6.07 Å². The van der Waals surface area contributed by atoms with E-state index in [0.29, 0.717) is 19.2 Å². The predicted molar refractivity (Wildman–Crippen MR) is 72.6 cm³/mol. The lowest BCUT2D eigenvalue weighted by Crippen LogP contribution is -2.28. The SMILES string of the molecule is COBNNc1cc(C(=O)NC2CC2)ccc1C. The van der Waals surface area contributed by atoms with Crippen molar-refractivity contribution >= 4 is 19.2 Å². The normalized spacial score (nSPS) is 14.1. The van der Waals surface area contributed by atoms with Crippen LogP contribution in [0.5, 0.6) is 0 Å². The Labute approximate surface area is 108 Å². The first-order valence-corrected chi connectivity index (χ1v) is 6.10. The van der Waals surface area contributed by atoms with Gasteiger partial charge in [0.15, 0.2) is 0 Å². The fourth-order valence-electron chi connectivity index (χ4n) is 1.60.